The Kier molecular flexibility index (Phi) is 7.66. The highest BCUT2D eigenvalue weighted by Crippen LogP contribution is 2.27. The van der Waals surface area contributed by atoms with Crippen LogP contribution in [0.2, 0.25) is 10.0 Å². The van der Waals surface area contributed by atoms with Gasteiger partial charge in [0.25, 0.3) is 5.91 Å². The zero-order valence-corrected chi connectivity index (χ0v) is 17.6. The molecule has 0 radical (unpaired) electrons. The van der Waals surface area contributed by atoms with Crippen molar-refractivity contribution in [2.24, 2.45) is 0 Å². The van der Waals surface area contributed by atoms with E-state index in [4.69, 9.17) is 32.7 Å². The molecule has 0 saturated heterocycles. The van der Waals surface area contributed by atoms with E-state index >= 15 is 0 Å². The van der Waals surface area contributed by atoms with Crippen LogP contribution in [0.4, 0.5) is 5.82 Å². The van der Waals surface area contributed by atoms with Gasteiger partial charge in [0.2, 0.25) is 0 Å². The Morgan fingerprint density at radius 1 is 1.18 bits per heavy atom. The second-order valence-electron chi connectivity index (χ2n) is 6.59. The van der Waals surface area contributed by atoms with Gasteiger partial charge in [0, 0.05) is 6.20 Å². The van der Waals surface area contributed by atoms with Gasteiger partial charge in [-0.05, 0) is 43.0 Å². The van der Waals surface area contributed by atoms with Crippen LogP contribution in [-0.2, 0) is 14.3 Å². The van der Waals surface area contributed by atoms with Gasteiger partial charge in [-0.2, -0.15) is 0 Å². The van der Waals surface area contributed by atoms with E-state index in [0.717, 1.165) is 11.1 Å². The molecule has 6 nitrogen and oxygen atoms in total. The first-order chi connectivity index (χ1) is 13.2. The minimum absolute atomic E-state index is 0.136. The molecule has 2 rings (SSSR count). The van der Waals surface area contributed by atoms with Crippen molar-refractivity contribution in [2.45, 2.75) is 39.7 Å². The van der Waals surface area contributed by atoms with Crippen molar-refractivity contribution < 1.29 is 19.1 Å². The lowest BCUT2D eigenvalue weighted by molar-refractivity contribution is -0.155. The molecule has 28 heavy (non-hydrogen) atoms. The predicted molar refractivity (Wildman–Crippen MR) is 109 cm³/mol. The third kappa shape index (κ3) is 6.11. The van der Waals surface area contributed by atoms with Gasteiger partial charge in [0.05, 0.1) is 10.0 Å². The number of aromatic nitrogens is 1. The lowest BCUT2D eigenvalue weighted by Gasteiger charge is -2.16. The first-order valence-electron chi connectivity index (χ1n) is 8.72. The Morgan fingerprint density at radius 3 is 2.54 bits per heavy atom. The number of hydrogen-bond acceptors (Lipinski definition) is 5. The van der Waals surface area contributed by atoms with Crippen molar-refractivity contribution in [3.8, 4) is 5.75 Å². The molecule has 1 aromatic heterocycles. The number of hydrogen-bond donors (Lipinski definition) is 1. The first kappa shape index (κ1) is 22.0. The van der Waals surface area contributed by atoms with Crippen LogP contribution in [0.1, 0.15) is 37.8 Å². The van der Waals surface area contributed by atoms with Crippen molar-refractivity contribution >= 4 is 40.9 Å². The number of ether oxygens (including phenoxy) is 2. The number of anilines is 1. The standard InChI is InChI=1S/C20H22Cl2N2O4/c1-11(2)15-6-5-12(3)7-17(15)27-10-18(25)28-13(4)20(26)24-19-16(22)8-14(21)9-23-19/h5-9,11,13H,10H2,1-4H3,(H,23,24,26). The Hall–Kier alpha value is -2.31. The van der Waals surface area contributed by atoms with Gasteiger partial charge in [-0.1, -0.05) is 49.2 Å². The molecule has 1 N–H and O–H groups in total. The van der Waals surface area contributed by atoms with Gasteiger partial charge in [-0.25, -0.2) is 9.78 Å². The van der Waals surface area contributed by atoms with E-state index in [-0.39, 0.29) is 23.4 Å². The van der Waals surface area contributed by atoms with Crippen LogP contribution in [0.3, 0.4) is 0 Å². The molecular weight excluding hydrogens is 403 g/mol. The van der Waals surface area contributed by atoms with E-state index < -0.39 is 18.0 Å². The van der Waals surface area contributed by atoms with Crippen molar-refractivity contribution in [1.82, 2.24) is 4.98 Å². The second kappa shape index (κ2) is 9.75. The van der Waals surface area contributed by atoms with E-state index in [1.54, 1.807) is 0 Å². The molecule has 1 heterocycles. The van der Waals surface area contributed by atoms with Gasteiger partial charge in [0.1, 0.15) is 5.75 Å². The molecule has 0 saturated carbocycles. The fourth-order valence-electron chi connectivity index (χ4n) is 2.39. The topological polar surface area (TPSA) is 77.5 Å². The zero-order chi connectivity index (χ0) is 20.8. The van der Waals surface area contributed by atoms with E-state index in [9.17, 15) is 9.59 Å². The van der Waals surface area contributed by atoms with Crippen molar-refractivity contribution in [3.63, 3.8) is 0 Å². The molecule has 1 unspecified atom stereocenters. The summed E-state index contributed by atoms with van der Waals surface area (Å²) in [6.45, 7) is 7.16. The maximum atomic E-state index is 12.2. The SMILES string of the molecule is Cc1ccc(C(C)C)c(OCC(=O)OC(C)C(=O)Nc2ncc(Cl)cc2Cl)c1. The monoisotopic (exact) mass is 424 g/mol. The number of pyridine rings is 1. The molecule has 0 bridgehead atoms. The lowest BCUT2D eigenvalue weighted by atomic mass is 10.0. The van der Waals surface area contributed by atoms with Crippen molar-refractivity contribution in [2.75, 3.05) is 11.9 Å². The molecule has 0 fully saturated rings. The van der Waals surface area contributed by atoms with Crippen molar-refractivity contribution in [1.29, 1.82) is 0 Å². The number of carbonyl (C=O) groups excluding carboxylic acids is 2. The minimum atomic E-state index is -1.05. The maximum Gasteiger partial charge on any atom is 0.344 e. The summed E-state index contributed by atoms with van der Waals surface area (Å²) in [5.74, 6) is -0.219. The fourth-order valence-corrected chi connectivity index (χ4v) is 2.82. The molecule has 0 aliphatic carbocycles. The quantitative estimate of drug-likeness (QED) is 0.647. The zero-order valence-electron chi connectivity index (χ0n) is 16.1. The average molecular weight is 425 g/mol. The summed E-state index contributed by atoms with van der Waals surface area (Å²) >= 11 is 11.7. The molecule has 1 aromatic carbocycles. The Morgan fingerprint density at radius 2 is 1.89 bits per heavy atom. The molecule has 8 heteroatoms. The van der Waals surface area contributed by atoms with Gasteiger partial charge in [-0.3, -0.25) is 4.79 Å². The summed E-state index contributed by atoms with van der Waals surface area (Å²) in [5.41, 5.74) is 2.01. The maximum absolute atomic E-state index is 12.2. The number of nitrogens with zero attached hydrogens (tertiary/aromatic N) is 1. The number of esters is 1. The Bertz CT molecular complexity index is 871. The summed E-state index contributed by atoms with van der Waals surface area (Å²) in [4.78, 5) is 28.2. The molecule has 150 valence electrons. The van der Waals surface area contributed by atoms with E-state index in [0.29, 0.717) is 10.8 Å². The van der Waals surface area contributed by atoms with Crippen molar-refractivity contribution in [3.05, 3.63) is 51.6 Å². The summed E-state index contributed by atoms with van der Waals surface area (Å²) < 4.78 is 10.7. The van der Waals surface area contributed by atoms with Gasteiger partial charge in [-0.15, -0.1) is 0 Å². The number of benzene rings is 1. The number of nitrogens with one attached hydrogen (secondary N) is 1. The third-order valence-corrected chi connectivity index (χ3v) is 4.36. The van der Waals surface area contributed by atoms with Crippen LogP contribution in [-0.4, -0.2) is 29.6 Å². The van der Waals surface area contributed by atoms with E-state index in [1.165, 1.54) is 19.2 Å². The van der Waals surface area contributed by atoms with Crippen LogP contribution < -0.4 is 10.1 Å². The summed E-state index contributed by atoms with van der Waals surface area (Å²) in [5, 5.41) is 3.02. The summed E-state index contributed by atoms with van der Waals surface area (Å²) in [7, 11) is 0. The number of rotatable bonds is 7. The summed E-state index contributed by atoms with van der Waals surface area (Å²) in [6, 6.07) is 7.28. The van der Waals surface area contributed by atoms with Gasteiger partial charge in [0.15, 0.2) is 18.5 Å². The molecule has 1 amide bonds. The molecule has 0 aliphatic rings. The molecule has 2 aromatic rings. The lowest BCUT2D eigenvalue weighted by Crippen LogP contribution is -2.32. The van der Waals surface area contributed by atoms with Gasteiger partial charge < -0.3 is 14.8 Å². The molecule has 0 aliphatic heterocycles. The normalized spacial score (nSPS) is 11.8. The fraction of sp³-hybridized carbons (Fsp3) is 0.350. The average Bonchev–Trinajstić information content (AvgIpc) is 2.62. The smallest absolute Gasteiger partial charge is 0.344 e. The van der Waals surface area contributed by atoms with Crippen LogP contribution >= 0.6 is 23.2 Å². The van der Waals surface area contributed by atoms with Crippen LogP contribution in [0.15, 0.2) is 30.5 Å². The highest BCUT2D eigenvalue weighted by atomic mass is 35.5. The predicted octanol–water partition coefficient (Wildman–Crippen LogP) is 4.77. The third-order valence-electron chi connectivity index (χ3n) is 3.86. The molecule has 1 atom stereocenters. The largest absolute Gasteiger partial charge is 0.482 e. The van der Waals surface area contributed by atoms with E-state index in [1.807, 2.05) is 39.0 Å². The van der Waals surface area contributed by atoms with Crippen LogP contribution in [0, 0.1) is 6.92 Å². The van der Waals surface area contributed by atoms with Gasteiger partial charge >= 0.3 is 5.97 Å². The number of aryl methyl sites for hydroxylation is 1. The van der Waals surface area contributed by atoms with Crippen LogP contribution in [0.25, 0.3) is 0 Å². The molecular formula is C20H22Cl2N2O4. The Balaban J connectivity index is 1.92. The second-order valence-corrected chi connectivity index (χ2v) is 7.43. The highest BCUT2D eigenvalue weighted by molar-refractivity contribution is 6.36. The number of amides is 1. The number of carbonyl (C=O) groups is 2. The Labute approximate surface area is 174 Å². The molecule has 0 spiro atoms. The summed E-state index contributed by atoms with van der Waals surface area (Å²) in [6.07, 6.45) is 0.300. The minimum Gasteiger partial charge on any atom is -0.482 e. The van der Waals surface area contributed by atoms with E-state index in [2.05, 4.69) is 10.3 Å². The van der Waals surface area contributed by atoms with Crippen LogP contribution in [0.5, 0.6) is 5.75 Å². The first-order valence-corrected chi connectivity index (χ1v) is 9.47. The highest BCUT2D eigenvalue weighted by Gasteiger charge is 2.20. The number of halogens is 2.